The maximum absolute atomic E-state index is 3.98. The molecule has 0 radical (unpaired) electrons. The van der Waals surface area contributed by atoms with Crippen LogP contribution >= 0.6 is 34.4 Å². The molecule has 96 valence electrons. The average Bonchev–Trinajstić information content (AvgIpc) is 2.32. The molecule has 0 aromatic heterocycles. The monoisotopic (exact) mass is 370 g/mol. The Kier molecular flexibility index (Phi) is 4.27. The number of fused-ring (bicyclic) bond motifs is 1. The van der Waals surface area contributed by atoms with Crippen molar-refractivity contribution in [2.45, 2.75) is 37.8 Å². The largest absolute Gasteiger partial charge is 0.118 e. The maximum atomic E-state index is 3.98. The van der Waals surface area contributed by atoms with E-state index in [0.717, 1.165) is 0 Å². The third-order valence-corrected chi connectivity index (χ3v) is 5.72. The molecule has 1 aliphatic rings. The molecule has 1 aromatic carbocycles. The van der Waals surface area contributed by atoms with Crippen LogP contribution in [0.2, 0.25) is 0 Å². The number of hydrogen-bond acceptors (Lipinski definition) is 1. The van der Waals surface area contributed by atoms with Crippen LogP contribution in [0.1, 0.15) is 37.5 Å². The predicted molar refractivity (Wildman–Crippen MR) is 92.1 cm³/mol. The molecule has 1 aromatic rings. The molecule has 0 nitrogen and oxygen atoms in total. The summed E-state index contributed by atoms with van der Waals surface area (Å²) in [5, 5.41) is 0.560. The fraction of sp³-hybridized carbons (Fsp3) is 0.375. The quantitative estimate of drug-likeness (QED) is 0.595. The Hall–Kier alpha value is -0.220. The second-order valence-corrected chi connectivity index (χ2v) is 7.63. The first-order valence-electron chi connectivity index (χ1n) is 6.30. The van der Waals surface area contributed by atoms with Crippen LogP contribution in [0.15, 0.2) is 23.6 Å². The summed E-state index contributed by atoms with van der Waals surface area (Å²) >= 11 is 4.40. The van der Waals surface area contributed by atoms with Crippen LogP contribution in [0.25, 0.3) is 11.6 Å². The molecule has 2 rings (SSSR count). The summed E-state index contributed by atoms with van der Waals surface area (Å²) in [7, 11) is 0. The fourth-order valence-corrected chi connectivity index (χ4v) is 4.40. The fourth-order valence-electron chi connectivity index (χ4n) is 2.39. The van der Waals surface area contributed by atoms with Crippen LogP contribution in [-0.4, -0.2) is 5.25 Å². The number of thioether (sulfide) groups is 1. The van der Waals surface area contributed by atoms with E-state index in [1.54, 1.807) is 0 Å². The van der Waals surface area contributed by atoms with E-state index in [1.807, 2.05) is 17.8 Å². The van der Waals surface area contributed by atoms with Gasteiger partial charge >= 0.3 is 0 Å². The van der Waals surface area contributed by atoms with Crippen molar-refractivity contribution in [3.63, 3.8) is 0 Å². The zero-order chi connectivity index (χ0) is 13.4. The zero-order valence-corrected chi connectivity index (χ0v) is 14.4. The van der Waals surface area contributed by atoms with Crippen LogP contribution < -0.4 is 0 Å². The average molecular weight is 370 g/mol. The Morgan fingerprint density at radius 3 is 2.67 bits per heavy atom. The van der Waals surface area contributed by atoms with Crippen molar-refractivity contribution < 1.29 is 0 Å². The molecule has 0 saturated carbocycles. The molecule has 0 bridgehead atoms. The van der Waals surface area contributed by atoms with Crippen LogP contribution in [-0.2, 0) is 0 Å². The lowest BCUT2D eigenvalue weighted by molar-refractivity contribution is 0.843. The normalized spacial score (nSPS) is 18.6. The molecule has 18 heavy (non-hydrogen) atoms. The minimum atomic E-state index is 0.560. The van der Waals surface area contributed by atoms with E-state index in [2.05, 4.69) is 69.0 Å². The van der Waals surface area contributed by atoms with E-state index in [4.69, 9.17) is 0 Å². The molecule has 1 heterocycles. The van der Waals surface area contributed by atoms with Gasteiger partial charge in [-0.05, 0) is 70.7 Å². The van der Waals surface area contributed by atoms with Crippen LogP contribution in [0.5, 0.6) is 0 Å². The third-order valence-electron chi connectivity index (χ3n) is 3.35. The van der Waals surface area contributed by atoms with E-state index < -0.39 is 0 Å². The first-order chi connectivity index (χ1) is 8.45. The van der Waals surface area contributed by atoms with Gasteiger partial charge in [-0.2, -0.15) is 0 Å². The van der Waals surface area contributed by atoms with Crippen LogP contribution in [0.4, 0.5) is 0 Å². The van der Waals surface area contributed by atoms with E-state index in [0.29, 0.717) is 11.2 Å². The molecular formula is C16H19IS. The van der Waals surface area contributed by atoms with Crippen LogP contribution in [0.3, 0.4) is 0 Å². The van der Waals surface area contributed by atoms with Gasteiger partial charge in [0.1, 0.15) is 0 Å². The van der Waals surface area contributed by atoms with Gasteiger partial charge in [-0.3, -0.25) is 0 Å². The van der Waals surface area contributed by atoms with Gasteiger partial charge in [0.2, 0.25) is 0 Å². The molecule has 1 aliphatic heterocycles. The molecule has 0 saturated heterocycles. The zero-order valence-electron chi connectivity index (χ0n) is 11.4. The molecule has 0 aliphatic carbocycles. The van der Waals surface area contributed by atoms with E-state index in [-0.39, 0.29) is 0 Å². The summed E-state index contributed by atoms with van der Waals surface area (Å²) in [6.45, 7) is 13.0. The van der Waals surface area contributed by atoms with Crippen molar-refractivity contribution >= 4 is 46.0 Å². The summed E-state index contributed by atoms with van der Waals surface area (Å²) < 4.78 is 1.34. The maximum Gasteiger partial charge on any atom is 0.0252 e. The summed E-state index contributed by atoms with van der Waals surface area (Å²) in [4.78, 5) is 1.45. The highest BCUT2D eigenvalue weighted by Gasteiger charge is 2.24. The van der Waals surface area contributed by atoms with Gasteiger partial charge < -0.3 is 0 Å². The molecular weight excluding hydrogens is 351 g/mol. The Morgan fingerprint density at radius 1 is 1.44 bits per heavy atom. The van der Waals surface area contributed by atoms with Crippen molar-refractivity contribution in [1.29, 1.82) is 0 Å². The Bertz CT molecular complexity index is 526. The smallest absolute Gasteiger partial charge is 0.0252 e. The van der Waals surface area contributed by atoms with Crippen molar-refractivity contribution in [3.05, 3.63) is 39.0 Å². The van der Waals surface area contributed by atoms with Gasteiger partial charge in [-0.15, -0.1) is 11.8 Å². The molecule has 1 unspecified atom stereocenters. The highest BCUT2D eigenvalue weighted by molar-refractivity contribution is 14.1. The predicted octanol–water partition coefficient (Wildman–Crippen LogP) is 5.78. The lowest BCUT2D eigenvalue weighted by Crippen LogP contribution is -2.10. The Morgan fingerprint density at radius 2 is 2.11 bits per heavy atom. The molecule has 0 N–H and O–H groups in total. The minimum absolute atomic E-state index is 0.560. The molecule has 0 fully saturated rings. The number of benzene rings is 1. The number of hydrogen-bond donors (Lipinski definition) is 0. The Labute approximate surface area is 128 Å². The van der Waals surface area contributed by atoms with Crippen molar-refractivity contribution in [3.8, 4) is 0 Å². The van der Waals surface area contributed by atoms with E-state index >= 15 is 0 Å². The highest BCUT2D eigenvalue weighted by Crippen LogP contribution is 2.45. The summed E-state index contributed by atoms with van der Waals surface area (Å²) in [5.41, 5.74) is 5.59. The van der Waals surface area contributed by atoms with Crippen molar-refractivity contribution in [2.75, 3.05) is 0 Å². The second kappa shape index (κ2) is 5.41. The van der Waals surface area contributed by atoms with Gasteiger partial charge in [-0.25, -0.2) is 0 Å². The minimum Gasteiger partial charge on any atom is -0.118 e. The lowest BCUT2D eigenvalue weighted by atomic mass is 9.89. The summed E-state index contributed by atoms with van der Waals surface area (Å²) in [5.74, 6) is 0.560. The molecule has 2 heteroatoms. The highest BCUT2D eigenvalue weighted by atomic mass is 127. The first-order valence-corrected chi connectivity index (χ1v) is 8.25. The van der Waals surface area contributed by atoms with Crippen molar-refractivity contribution in [2.24, 2.45) is 5.92 Å². The van der Waals surface area contributed by atoms with Crippen LogP contribution in [0, 0.1) is 16.4 Å². The van der Waals surface area contributed by atoms with Gasteiger partial charge in [0.05, 0.1) is 0 Å². The number of allylic oxidation sites excluding steroid dienone is 1. The summed E-state index contributed by atoms with van der Waals surface area (Å²) in [6, 6.07) is 2.26. The van der Waals surface area contributed by atoms with Gasteiger partial charge in [-0.1, -0.05) is 32.6 Å². The van der Waals surface area contributed by atoms with Gasteiger partial charge in [0, 0.05) is 13.7 Å². The molecule has 0 spiro atoms. The standard InChI is InChI=1S/C16H19IS/c1-6-12-8-14(17)11(5)16-15(12)13(9(2)3)7-10(4)18-16/h6-10H,1H2,2-5H3. The SMILES string of the molecule is C=Cc1cc(I)c(C)c2c1C(C(C)C)=CC(C)S2. The Balaban J connectivity index is 2.76. The number of rotatable bonds is 2. The lowest BCUT2D eigenvalue weighted by Gasteiger charge is -2.27. The van der Waals surface area contributed by atoms with Gasteiger partial charge in [0.15, 0.2) is 0 Å². The van der Waals surface area contributed by atoms with E-state index in [1.165, 1.54) is 30.7 Å². The van der Waals surface area contributed by atoms with Gasteiger partial charge in [0.25, 0.3) is 0 Å². The number of halogens is 1. The first kappa shape index (κ1) is 14.2. The molecule has 1 atom stereocenters. The topological polar surface area (TPSA) is 0 Å². The third kappa shape index (κ3) is 2.42. The van der Waals surface area contributed by atoms with Crippen molar-refractivity contribution in [1.82, 2.24) is 0 Å². The second-order valence-electron chi connectivity index (χ2n) is 5.08. The summed E-state index contributed by atoms with van der Waals surface area (Å²) in [6.07, 6.45) is 4.41. The molecule has 0 amide bonds. The van der Waals surface area contributed by atoms with E-state index in [9.17, 15) is 0 Å².